The van der Waals surface area contributed by atoms with Gasteiger partial charge in [-0.15, -0.1) is 0 Å². The Morgan fingerprint density at radius 3 is 2.56 bits per heavy atom. The number of anilines is 1. The molecule has 0 aliphatic heterocycles. The van der Waals surface area contributed by atoms with Crippen LogP contribution in [-0.4, -0.2) is 40.1 Å². The summed E-state index contributed by atoms with van der Waals surface area (Å²) in [4.78, 5) is 11.7. The van der Waals surface area contributed by atoms with Gasteiger partial charge in [-0.3, -0.25) is 0 Å². The van der Waals surface area contributed by atoms with E-state index in [9.17, 15) is 0 Å². The Balaban J connectivity index is 1.43. The van der Waals surface area contributed by atoms with Crippen molar-refractivity contribution in [1.29, 1.82) is 0 Å². The fraction of sp³-hybridized carbons (Fsp3) is 0.241. The Kier molecular flexibility index (Phi) is 5.07. The van der Waals surface area contributed by atoms with Gasteiger partial charge in [0.15, 0.2) is 0 Å². The lowest BCUT2D eigenvalue weighted by atomic mass is 9.80. The van der Waals surface area contributed by atoms with E-state index in [1.54, 1.807) is 0 Å². The Morgan fingerprint density at radius 1 is 0.971 bits per heavy atom. The summed E-state index contributed by atoms with van der Waals surface area (Å²) in [5, 5.41) is 2.17. The standard InChI is InChI=1S/C29H29N5/c1-33(2)17-19-14-23(15-19)34-18-24(28-27(34)12-13-31-29(28)30)22-9-8-21-10-11-25(32-26(21)16-22)20-6-4-3-5-7-20/h3-13,16,18-19,23H,14-15,17H2,1-2H3,(H2,30,31)/t19-,23+. The SMILES string of the molecule is CN(C)C[C@H]1C[C@@H](n2cc(-c3ccc4ccc(-c5ccccc5)nc4c3)c3c(N)nccc32)C1. The molecule has 0 saturated heterocycles. The summed E-state index contributed by atoms with van der Waals surface area (Å²) in [6, 6.07) is 23.7. The smallest absolute Gasteiger partial charge is 0.133 e. The van der Waals surface area contributed by atoms with Crippen molar-refractivity contribution in [3.8, 4) is 22.4 Å². The predicted octanol–water partition coefficient (Wildman–Crippen LogP) is 6.01. The van der Waals surface area contributed by atoms with Crippen LogP contribution in [0.3, 0.4) is 0 Å². The van der Waals surface area contributed by atoms with Gasteiger partial charge in [-0.1, -0.05) is 48.5 Å². The molecule has 0 unspecified atom stereocenters. The summed E-state index contributed by atoms with van der Waals surface area (Å²) < 4.78 is 2.42. The maximum Gasteiger partial charge on any atom is 0.133 e. The van der Waals surface area contributed by atoms with Crippen molar-refractivity contribution in [2.24, 2.45) is 5.92 Å². The van der Waals surface area contributed by atoms with Crippen LogP contribution in [0.15, 0.2) is 79.1 Å². The molecule has 0 spiro atoms. The first-order valence-electron chi connectivity index (χ1n) is 11.9. The minimum atomic E-state index is 0.506. The van der Waals surface area contributed by atoms with E-state index in [1.807, 2.05) is 24.4 Å². The fourth-order valence-corrected chi connectivity index (χ4v) is 5.40. The molecule has 2 N–H and O–H groups in total. The number of rotatable bonds is 5. The number of nitrogens with two attached hydrogens (primary N) is 1. The van der Waals surface area contributed by atoms with Crippen LogP contribution in [0.25, 0.3) is 44.2 Å². The number of pyridine rings is 2. The highest BCUT2D eigenvalue weighted by molar-refractivity contribution is 6.03. The van der Waals surface area contributed by atoms with Crippen molar-refractivity contribution in [2.75, 3.05) is 26.4 Å². The Morgan fingerprint density at radius 2 is 1.76 bits per heavy atom. The molecule has 34 heavy (non-hydrogen) atoms. The van der Waals surface area contributed by atoms with Crippen LogP contribution in [0, 0.1) is 5.92 Å². The third kappa shape index (κ3) is 3.62. The molecule has 1 aliphatic rings. The molecule has 170 valence electrons. The average Bonchev–Trinajstić information content (AvgIpc) is 3.21. The topological polar surface area (TPSA) is 60.0 Å². The Labute approximate surface area is 199 Å². The number of hydrogen-bond donors (Lipinski definition) is 1. The van der Waals surface area contributed by atoms with E-state index < -0.39 is 0 Å². The zero-order chi connectivity index (χ0) is 23.2. The molecular weight excluding hydrogens is 418 g/mol. The van der Waals surface area contributed by atoms with Crippen LogP contribution in [0.4, 0.5) is 5.82 Å². The molecule has 3 aromatic heterocycles. The van der Waals surface area contributed by atoms with Crippen LogP contribution in [-0.2, 0) is 0 Å². The lowest BCUT2D eigenvalue weighted by Crippen LogP contribution is -2.33. The van der Waals surface area contributed by atoms with Gasteiger partial charge >= 0.3 is 0 Å². The summed E-state index contributed by atoms with van der Waals surface area (Å²) in [6.07, 6.45) is 6.50. The van der Waals surface area contributed by atoms with Crippen LogP contribution < -0.4 is 5.73 Å². The fourth-order valence-electron chi connectivity index (χ4n) is 5.40. The molecule has 1 fully saturated rings. The van der Waals surface area contributed by atoms with Gasteiger partial charge in [0.05, 0.1) is 16.7 Å². The molecule has 0 bridgehead atoms. The van der Waals surface area contributed by atoms with Crippen molar-refractivity contribution in [3.63, 3.8) is 0 Å². The molecule has 2 aromatic carbocycles. The van der Waals surface area contributed by atoms with E-state index >= 15 is 0 Å². The van der Waals surface area contributed by atoms with E-state index in [1.165, 1.54) is 18.4 Å². The maximum atomic E-state index is 6.43. The third-order valence-corrected chi connectivity index (χ3v) is 7.07. The van der Waals surface area contributed by atoms with Crippen LogP contribution >= 0.6 is 0 Å². The van der Waals surface area contributed by atoms with Crippen molar-refractivity contribution in [1.82, 2.24) is 19.4 Å². The second-order valence-electron chi connectivity index (χ2n) is 9.76. The molecule has 0 amide bonds. The van der Waals surface area contributed by atoms with Crippen molar-refractivity contribution in [2.45, 2.75) is 18.9 Å². The zero-order valence-electron chi connectivity index (χ0n) is 19.6. The predicted molar refractivity (Wildman–Crippen MR) is 141 cm³/mol. The first-order chi connectivity index (χ1) is 16.6. The van der Waals surface area contributed by atoms with E-state index in [4.69, 9.17) is 10.7 Å². The van der Waals surface area contributed by atoms with Gasteiger partial charge < -0.3 is 15.2 Å². The highest BCUT2D eigenvalue weighted by atomic mass is 15.1. The van der Waals surface area contributed by atoms with Crippen molar-refractivity contribution in [3.05, 3.63) is 79.1 Å². The number of nitrogen functional groups attached to an aromatic ring is 1. The monoisotopic (exact) mass is 447 g/mol. The number of aromatic nitrogens is 3. The third-order valence-electron chi connectivity index (χ3n) is 7.07. The second kappa shape index (κ2) is 8.26. The molecule has 3 heterocycles. The van der Waals surface area contributed by atoms with Crippen molar-refractivity contribution < 1.29 is 0 Å². The number of benzene rings is 2. The van der Waals surface area contributed by atoms with Gasteiger partial charge in [0.2, 0.25) is 0 Å². The van der Waals surface area contributed by atoms with E-state index in [2.05, 4.69) is 83.3 Å². The average molecular weight is 448 g/mol. The van der Waals surface area contributed by atoms with Crippen LogP contribution in [0.1, 0.15) is 18.9 Å². The van der Waals surface area contributed by atoms with Gasteiger partial charge in [0.25, 0.3) is 0 Å². The first-order valence-corrected chi connectivity index (χ1v) is 11.9. The molecule has 0 atom stereocenters. The minimum Gasteiger partial charge on any atom is -0.383 e. The highest BCUT2D eigenvalue weighted by Gasteiger charge is 2.32. The van der Waals surface area contributed by atoms with Gasteiger partial charge in [-0.05, 0) is 56.6 Å². The molecule has 1 saturated carbocycles. The highest BCUT2D eigenvalue weighted by Crippen LogP contribution is 2.43. The molecule has 1 aliphatic carbocycles. The lowest BCUT2D eigenvalue weighted by molar-refractivity contribution is 0.159. The quantitative estimate of drug-likeness (QED) is 0.358. The number of nitrogens with zero attached hydrogens (tertiary/aromatic N) is 4. The minimum absolute atomic E-state index is 0.506. The zero-order valence-corrected chi connectivity index (χ0v) is 19.6. The Hall–Kier alpha value is -3.70. The summed E-state index contributed by atoms with van der Waals surface area (Å²) in [5.41, 5.74) is 12.9. The van der Waals surface area contributed by atoms with Gasteiger partial charge in [-0.2, -0.15) is 0 Å². The van der Waals surface area contributed by atoms with E-state index in [-0.39, 0.29) is 0 Å². The van der Waals surface area contributed by atoms with E-state index in [0.717, 1.165) is 51.1 Å². The normalized spacial score (nSPS) is 18.0. The van der Waals surface area contributed by atoms with E-state index in [0.29, 0.717) is 11.9 Å². The second-order valence-corrected chi connectivity index (χ2v) is 9.76. The summed E-state index contributed by atoms with van der Waals surface area (Å²) in [5.74, 6) is 1.34. The molecular formula is C29H29N5. The lowest BCUT2D eigenvalue weighted by Gasteiger charge is -2.38. The maximum absolute atomic E-state index is 6.43. The first kappa shape index (κ1) is 20.9. The molecule has 5 heteroatoms. The summed E-state index contributed by atoms with van der Waals surface area (Å²) in [7, 11) is 4.31. The number of hydrogen-bond acceptors (Lipinski definition) is 4. The van der Waals surface area contributed by atoms with Gasteiger partial charge in [0, 0.05) is 46.9 Å². The largest absolute Gasteiger partial charge is 0.383 e. The molecule has 5 aromatic rings. The van der Waals surface area contributed by atoms with Crippen LogP contribution in [0.5, 0.6) is 0 Å². The summed E-state index contributed by atoms with van der Waals surface area (Å²) >= 11 is 0. The molecule has 0 radical (unpaired) electrons. The molecule has 6 rings (SSSR count). The van der Waals surface area contributed by atoms with Gasteiger partial charge in [-0.25, -0.2) is 9.97 Å². The van der Waals surface area contributed by atoms with Crippen molar-refractivity contribution >= 4 is 27.6 Å². The van der Waals surface area contributed by atoms with Crippen LogP contribution in [0.2, 0.25) is 0 Å². The number of fused-ring (bicyclic) bond motifs is 2. The Bertz CT molecular complexity index is 1480. The van der Waals surface area contributed by atoms with Gasteiger partial charge in [0.1, 0.15) is 5.82 Å². The molecule has 5 nitrogen and oxygen atoms in total. The summed E-state index contributed by atoms with van der Waals surface area (Å²) in [6.45, 7) is 1.15.